The Balaban J connectivity index is 1.37. The molecule has 2 atom stereocenters. The minimum atomic E-state index is 0.627. The van der Waals surface area contributed by atoms with Gasteiger partial charge >= 0.3 is 0 Å². The molecule has 31 heavy (non-hydrogen) atoms. The average molecular weight is 417 g/mol. The fraction of sp³-hybridized carbons (Fsp3) is 0.417. The summed E-state index contributed by atoms with van der Waals surface area (Å²) in [6.07, 6.45) is 5.17. The van der Waals surface area contributed by atoms with Crippen LogP contribution >= 0.6 is 0 Å². The first kappa shape index (κ1) is 18.7. The standard InChI is InChI=1S/C24H28N6O/c1-31-17-6-8-19-18(13-17)23(29-28-19)24-26-20-7-5-16(12-21(20)27-24)30-11-3-2-4-22(30)15-9-10-25-14-15/h5-8,12-13,15,22,25H,2-4,9-11,14H2,1H3,(H,26,27)(H,28,29). The van der Waals surface area contributed by atoms with Gasteiger partial charge in [-0.2, -0.15) is 5.10 Å². The second kappa shape index (κ2) is 7.57. The number of hydrogen-bond donors (Lipinski definition) is 3. The molecule has 4 aromatic rings. The Bertz CT molecular complexity index is 1220. The first-order chi connectivity index (χ1) is 15.3. The van der Waals surface area contributed by atoms with Crippen LogP contribution in [0.4, 0.5) is 5.69 Å². The molecule has 3 N–H and O–H groups in total. The fourth-order valence-electron chi connectivity index (χ4n) is 5.36. The van der Waals surface area contributed by atoms with E-state index in [-0.39, 0.29) is 0 Å². The number of aromatic nitrogens is 4. The molecule has 4 heterocycles. The van der Waals surface area contributed by atoms with E-state index in [2.05, 4.69) is 43.6 Å². The number of imidazole rings is 1. The monoisotopic (exact) mass is 416 g/mol. The number of H-pyrrole nitrogens is 2. The molecule has 2 fully saturated rings. The van der Waals surface area contributed by atoms with E-state index < -0.39 is 0 Å². The molecule has 2 aliphatic heterocycles. The number of piperidine rings is 1. The molecule has 0 spiro atoms. The zero-order valence-corrected chi connectivity index (χ0v) is 17.8. The van der Waals surface area contributed by atoms with Gasteiger partial charge in [-0.3, -0.25) is 5.10 Å². The third-order valence-corrected chi connectivity index (χ3v) is 6.98. The van der Waals surface area contributed by atoms with Gasteiger partial charge < -0.3 is 19.9 Å². The van der Waals surface area contributed by atoms with Crippen LogP contribution in [0.1, 0.15) is 25.7 Å². The van der Waals surface area contributed by atoms with Crippen LogP contribution in [0, 0.1) is 5.92 Å². The van der Waals surface area contributed by atoms with E-state index in [9.17, 15) is 0 Å². The Morgan fingerprint density at radius 1 is 1.06 bits per heavy atom. The van der Waals surface area contributed by atoms with Crippen molar-refractivity contribution in [3.05, 3.63) is 36.4 Å². The molecule has 6 rings (SSSR count). The van der Waals surface area contributed by atoms with Crippen molar-refractivity contribution >= 4 is 27.6 Å². The second-order valence-electron chi connectivity index (χ2n) is 8.78. The molecule has 7 nitrogen and oxygen atoms in total. The molecule has 2 aliphatic rings. The topological polar surface area (TPSA) is 81.9 Å². The van der Waals surface area contributed by atoms with Gasteiger partial charge in [0.1, 0.15) is 11.4 Å². The highest BCUT2D eigenvalue weighted by atomic mass is 16.5. The number of nitrogens with zero attached hydrogens (tertiary/aromatic N) is 3. The van der Waals surface area contributed by atoms with Gasteiger partial charge in [0.15, 0.2) is 5.82 Å². The van der Waals surface area contributed by atoms with Gasteiger partial charge in [0.05, 0.1) is 23.7 Å². The molecule has 0 bridgehead atoms. The van der Waals surface area contributed by atoms with Crippen molar-refractivity contribution in [1.82, 2.24) is 25.5 Å². The van der Waals surface area contributed by atoms with E-state index >= 15 is 0 Å². The zero-order valence-electron chi connectivity index (χ0n) is 17.8. The van der Waals surface area contributed by atoms with Crippen molar-refractivity contribution in [2.75, 3.05) is 31.6 Å². The summed E-state index contributed by atoms with van der Waals surface area (Å²) in [5.41, 5.74) is 5.10. The van der Waals surface area contributed by atoms with E-state index in [1.807, 2.05) is 18.2 Å². The first-order valence-electron chi connectivity index (χ1n) is 11.3. The molecule has 0 amide bonds. The Morgan fingerprint density at radius 3 is 2.87 bits per heavy atom. The first-order valence-corrected chi connectivity index (χ1v) is 11.3. The number of rotatable bonds is 4. The Labute approximate surface area is 181 Å². The van der Waals surface area contributed by atoms with E-state index in [0.717, 1.165) is 64.8 Å². The third kappa shape index (κ3) is 3.24. The van der Waals surface area contributed by atoms with E-state index in [1.54, 1.807) is 7.11 Å². The van der Waals surface area contributed by atoms with Crippen LogP contribution in [0.3, 0.4) is 0 Å². The third-order valence-electron chi connectivity index (χ3n) is 6.98. The minimum absolute atomic E-state index is 0.627. The highest BCUT2D eigenvalue weighted by molar-refractivity contribution is 5.94. The number of benzene rings is 2. The van der Waals surface area contributed by atoms with Crippen molar-refractivity contribution in [2.24, 2.45) is 5.92 Å². The van der Waals surface area contributed by atoms with Crippen molar-refractivity contribution in [1.29, 1.82) is 0 Å². The number of aromatic amines is 2. The summed E-state index contributed by atoms with van der Waals surface area (Å²) < 4.78 is 5.39. The summed E-state index contributed by atoms with van der Waals surface area (Å²) in [4.78, 5) is 11.0. The SMILES string of the molecule is COc1ccc2[nH]nc(-c3nc4cc(N5CCCCC5C5CCNC5)ccc4[nH]3)c2c1. The summed E-state index contributed by atoms with van der Waals surface area (Å²) in [5.74, 6) is 2.34. The summed E-state index contributed by atoms with van der Waals surface area (Å²) in [6.45, 7) is 3.43. The Morgan fingerprint density at radius 2 is 2.00 bits per heavy atom. The number of fused-ring (bicyclic) bond motifs is 2. The largest absolute Gasteiger partial charge is 0.497 e. The second-order valence-corrected chi connectivity index (χ2v) is 8.78. The molecular formula is C24H28N6O. The summed E-state index contributed by atoms with van der Waals surface area (Å²) in [7, 11) is 1.68. The van der Waals surface area contributed by atoms with E-state index in [4.69, 9.17) is 9.72 Å². The maximum Gasteiger partial charge on any atom is 0.159 e. The average Bonchev–Trinajstić information content (AvgIpc) is 3.57. The molecule has 2 saturated heterocycles. The van der Waals surface area contributed by atoms with Gasteiger partial charge in [-0.1, -0.05) is 0 Å². The van der Waals surface area contributed by atoms with E-state index in [0.29, 0.717) is 6.04 Å². The molecule has 7 heteroatoms. The summed E-state index contributed by atoms with van der Waals surface area (Å²) in [6, 6.07) is 13.2. The zero-order chi connectivity index (χ0) is 20.8. The van der Waals surface area contributed by atoms with Crippen LogP contribution in [-0.2, 0) is 0 Å². The normalized spacial score (nSPS) is 21.9. The molecule has 2 unspecified atom stereocenters. The van der Waals surface area contributed by atoms with Gasteiger partial charge in [0.2, 0.25) is 0 Å². The molecule has 0 radical (unpaired) electrons. The molecular weight excluding hydrogens is 388 g/mol. The molecule has 2 aromatic carbocycles. The number of hydrogen-bond acceptors (Lipinski definition) is 5. The van der Waals surface area contributed by atoms with Crippen LogP contribution in [0.15, 0.2) is 36.4 Å². The van der Waals surface area contributed by atoms with Crippen molar-refractivity contribution < 1.29 is 4.74 Å². The number of methoxy groups -OCH3 is 1. The molecule has 2 aromatic heterocycles. The van der Waals surface area contributed by atoms with Gasteiger partial charge in [-0.05, 0) is 81.1 Å². The Kier molecular flexibility index (Phi) is 4.56. The number of nitrogens with one attached hydrogen (secondary N) is 3. The number of ether oxygens (including phenoxy) is 1. The highest BCUT2D eigenvalue weighted by Gasteiger charge is 2.32. The van der Waals surface area contributed by atoms with Crippen LogP contribution in [0.2, 0.25) is 0 Å². The van der Waals surface area contributed by atoms with Gasteiger partial charge in [-0.15, -0.1) is 0 Å². The lowest BCUT2D eigenvalue weighted by Crippen LogP contribution is -2.45. The van der Waals surface area contributed by atoms with Crippen LogP contribution < -0.4 is 15.0 Å². The van der Waals surface area contributed by atoms with Gasteiger partial charge in [0.25, 0.3) is 0 Å². The number of anilines is 1. The summed E-state index contributed by atoms with van der Waals surface area (Å²) >= 11 is 0. The molecule has 0 aliphatic carbocycles. The van der Waals surface area contributed by atoms with Crippen LogP contribution in [-0.4, -0.2) is 53.0 Å². The maximum atomic E-state index is 5.39. The lowest BCUT2D eigenvalue weighted by atomic mass is 9.89. The van der Waals surface area contributed by atoms with E-state index in [1.165, 1.54) is 31.4 Å². The van der Waals surface area contributed by atoms with Crippen molar-refractivity contribution in [3.8, 4) is 17.3 Å². The maximum absolute atomic E-state index is 5.39. The van der Waals surface area contributed by atoms with Gasteiger partial charge in [0, 0.05) is 23.7 Å². The smallest absolute Gasteiger partial charge is 0.159 e. The predicted octanol–water partition coefficient (Wildman–Crippen LogP) is 4.08. The molecule has 160 valence electrons. The van der Waals surface area contributed by atoms with Crippen molar-refractivity contribution in [3.63, 3.8) is 0 Å². The lowest BCUT2D eigenvalue weighted by Gasteiger charge is -2.40. The lowest BCUT2D eigenvalue weighted by molar-refractivity contribution is 0.355. The van der Waals surface area contributed by atoms with Gasteiger partial charge in [-0.25, -0.2) is 4.98 Å². The quantitative estimate of drug-likeness (QED) is 0.467. The fourth-order valence-corrected chi connectivity index (χ4v) is 5.36. The predicted molar refractivity (Wildman–Crippen MR) is 124 cm³/mol. The Hall–Kier alpha value is -3.06. The van der Waals surface area contributed by atoms with Crippen LogP contribution in [0.25, 0.3) is 33.5 Å². The summed E-state index contributed by atoms with van der Waals surface area (Å²) in [5, 5.41) is 12.2. The minimum Gasteiger partial charge on any atom is -0.497 e. The van der Waals surface area contributed by atoms with Crippen LogP contribution in [0.5, 0.6) is 5.75 Å². The molecule has 0 saturated carbocycles. The van der Waals surface area contributed by atoms with Crippen molar-refractivity contribution in [2.45, 2.75) is 31.7 Å². The highest BCUT2D eigenvalue weighted by Crippen LogP contribution is 2.34.